The Hall–Kier alpha value is -1.08. The summed E-state index contributed by atoms with van der Waals surface area (Å²) in [6.07, 6.45) is 7.36. The molecule has 0 aromatic heterocycles. The van der Waals surface area contributed by atoms with Gasteiger partial charge in [-0.3, -0.25) is 0 Å². The average Bonchev–Trinajstić information content (AvgIpc) is 2.77. The largest absolute Gasteiger partial charge is 0.111 e. The van der Waals surface area contributed by atoms with Crippen molar-refractivity contribution in [1.82, 2.24) is 0 Å². The molecule has 0 N–H and O–H groups in total. The first-order valence-corrected chi connectivity index (χ1v) is 10.2. The highest BCUT2D eigenvalue weighted by atomic mass is 28.3. The predicted molar refractivity (Wildman–Crippen MR) is 88.4 cm³/mol. The first kappa shape index (κ1) is 14.3. The van der Waals surface area contributed by atoms with Crippen molar-refractivity contribution in [1.29, 1.82) is 0 Å². The summed E-state index contributed by atoms with van der Waals surface area (Å²) in [5.41, 5.74) is 1.53. The molecule has 0 aliphatic heterocycles. The molecular formula is C18H26Si. The van der Waals surface area contributed by atoms with Gasteiger partial charge in [-0.25, -0.2) is 0 Å². The van der Waals surface area contributed by atoms with E-state index in [4.69, 9.17) is 0 Å². The maximum Gasteiger partial charge on any atom is 0.111 e. The van der Waals surface area contributed by atoms with Crippen molar-refractivity contribution >= 4 is 13.3 Å². The lowest BCUT2D eigenvalue weighted by atomic mass is 10.2. The molecule has 2 unspecified atom stereocenters. The second-order valence-electron chi connectivity index (χ2n) is 6.05. The van der Waals surface area contributed by atoms with E-state index in [-0.39, 0.29) is 0 Å². The standard InChI is InChI=1S/C18H26Si/c1-5-6-14-19(4,17-10-8-7-9-11-17)18-15(2)12-13-16(18)3/h7-13,15H,5-6,14H2,1-4H3. The fourth-order valence-electron chi connectivity index (χ4n) is 3.54. The summed E-state index contributed by atoms with van der Waals surface area (Å²) >= 11 is 0. The van der Waals surface area contributed by atoms with Crippen LogP contribution in [0, 0.1) is 5.92 Å². The van der Waals surface area contributed by atoms with Crippen LogP contribution in [0.1, 0.15) is 33.6 Å². The zero-order valence-corrected chi connectivity index (χ0v) is 13.7. The normalized spacial score (nSPS) is 21.8. The molecule has 0 saturated carbocycles. The van der Waals surface area contributed by atoms with Gasteiger partial charge in [-0.2, -0.15) is 0 Å². The molecule has 1 aromatic rings. The van der Waals surface area contributed by atoms with E-state index in [0.29, 0.717) is 5.92 Å². The van der Waals surface area contributed by atoms with Gasteiger partial charge in [0.15, 0.2) is 0 Å². The van der Waals surface area contributed by atoms with Crippen LogP contribution in [-0.2, 0) is 0 Å². The Balaban J connectivity index is 2.44. The fourth-order valence-corrected chi connectivity index (χ4v) is 8.46. The minimum Gasteiger partial charge on any atom is -0.0777 e. The van der Waals surface area contributed by atoms with Crippen LogP contribution in [0.25, 0.3) is 0 Å². The second kappa shape index (κ2) is 5.92. The van der Waals surface area contributed by atoms with Gasteiger partial charge in [0.2, 0.25) is 0 Å². The lowest BCUT2D eigenvalue weighted by Gasteiger charge is -2.33. The van der Waals surface area contributed by atoms with E-state index in [0.717, 1.165) is 0 Å². The molecule has 1 heteroatoms. The molecule has 0 fully saturated rings. The Morgan fingerprint density at radius 2 is 1.84 bits per heavy atom. The Labute approximate surface area is 119 Å². The summed E-state index contributed by atoms with van der Waals surface area (Å²) < 4.78 is 0. The highest BCUT2D eigenvalue weighted by Gasteiger charge is 2.37. The average molecular weight is 270 g/mol. The van der Waals surface area contributed by atoms with Crippen LogP contribution in [0.5, 0.6) is 0 Å². The molecule has 0 spiro atoms. The Kier molecular flexibility index (Phi) is 4.46. The van der Waals surface area contributed by atoms with Gasteiger partial charge in [-0.15, -0.1) is 0 Å². The van der Waals surface area contributed by atoms with Crippen molar-refractivity contribution < 1.29 is 0 Å². The van der Waals surface area contributed by atoms with Crippen molar-refractivity contribution in [2.24, 2.45) is 5.92 Å². The van der Waals surface area contributed by atoms with Crippen LogP contribution in [0.4, 0.5) is 0 Å². The van der Waals surface area contributed by atoms with Gasteiger partial charge in [0.25, 0.3) is 0 Å². The molecule has 1 aliphatic carbocycles. The van der Waals surface area contributed by atoms with Gasteiger partial charge in [0.1, 0.15) is 8.07 Å². The van der Waals surface area contributed by atoms with Crippen LogP contribution in [0.15, 0.2) is 53.3 Å². The van der Waals surface area contributed by atoms with Gasteiger partial charge in [-0.1, -0.05) is 91.7 Å². The summed E-state index contributed by atoms with van der Waals surface area (Å²) in [7, 11) is -1.52. The van der Waals surface area contributed by atoms with E-state index in [1.807, 2.05) is 0 Å². The molecule has 2 atom stereocenters. The molecule has 0 bridgehead atoms. The predicted octanol–water partition coefficient (Wildman–Crippen LogP) is 4.83. The summed E-state index contributed by atoms with van der Waals surface area (Å²) in [6.45, 7) is 9.54. The van der Waals surface area contributed by atoms with Crippen LogP contribution >= 0.6 is 0 Å². The molecule has 0 heterocycles. The number of benzene rings is 1. The van der Waals surface area contributed by atoms with Crippen LogP contribution in [0.2, 0.25) is 12.6 Å². The zero-order valence-electron chi connectivity index (χ0n) is 12.7. The summed E-state index contributed by atoms with van der Waals surface area (Å²) in [4.78, 5) is 0. The van der Waals surface area contributed by atoms with E-state index in [9.17, 15) is 0 Å². The fraction of sp³-hybridized carbons (Fsp3) is 0.444. The van der Waals surface area contributed by atoms with Crippen LogP contribution in [0.3, 0.4) is 0 Å². The lowest BCUT2D eigenvalue weighted by molar-refractivity contribution is 0.856. The summed E-state index contributed by atoms with van der Waals surface area (Å²) in [5, 5.41) is 3.36. The van der Waals surface area contributed by atoms with E-state index in [1.165, 1.54) is 24.5 Å². The highest BCUT2D eigenvalue weighted by Crippen LogP contribution is 2.35. The third-order valence-electron chi connectivity index (χ3n) is 4.55. The molecular weight excluding hydrogens is 244 g/mol. The Morgan fingerprint density at radius 3 is 2.37 bits per heavy atom. The lowest BCUT2D eigenvalue weighted by Crippen LogP contribution is -2.48. The Bertz CT molecular complexity index is 484. The van der Waals surface area contributed by atoms with Crippen molar-refractivity contribution in [3.05, 3.63) is 53.3 Å². The van der Waals surface area contributed by atoms with E-state index in [1.54, 1.807) is 10.4 Å². The summed E-state index contributed by atoms with van der Waals surface area (Å²) in [6, 6.07) is 12.6. The van der Waals surface area contributed by atoms with E-state index in [2.05, 4.69) is 69.8 Å². The van der Waals surface area contributed by atoms with Crippen molar-refractivity contribution in [2.75, 3.05) is 0 Å². The third-order valence-corrected chi connectivity index (χ3v) is 9.55. The van der Waals surface area contributed by atoms with Gasteiger partial charge in [-0.05, 0) is 18.9 Å². The molecule has 0 saturated heterocycles. The molecule has 19 heavy (non-hydrogen) atoms. The summed E-state index contributed by atoms with van der Waals surface area (Å²) in [5.74, 6) is 0.633. The molecule has 1 aromatic carbocycles. The first-order valence-electron chi connectivity index (χ1n) is 7.54. The highest BCUT2D eigenvalue weighted by molar-refractivity contribution is 6.97. The van der Waals surface area contributed by atoms with Crippen LogP contribution < -0.4 is 5.19 Å². The SMILES string of the molecule is CCCC[Si](C)(C1=C(C)C=CC1C)c1ccccc1. The number of rotatable bonds is 5. The molecule has 0 radical (unpaired) electrons. The number of hydrogen-bond acceptors (Lipinski definition) is 0. The quantitative estimate of drug-likeness (QED) is 0.672. The molecule has 0 nitrogen and oxygen atoms in total. The van der Waals surface area contributed by atoms with Gasteiger partial charge in [0.05, 0.1) is 0 Å². The minimum absolute atomic E-state index is 0.633. The van der Waals surface area contributed by atoms with Crippen LogP contribution in [-0.4, -0.2) is 8.07 Å². The smallest absolute Gasteiger partial charge is 0.0777 e. The number of hydrogen-bond donors (Lipinski definition) is 0. The first-order chi connectivity index (χ1) is 9.09. The van der Waals surface area contributed by atoms with Gasteiger partial charge < -0.3 is 0 Å². The van der Waals surface area contributed by atoms with E-state index >= 15 is 0 Å². The van der Waals surface area contributed by atoms with Gasteiger partial charge >= 0.3 is 0 Å². The topological polar surface area (TPSA) is 0 Å². The monoisotopic (exact) mass is 270 g/mol. The maximum atomic E-state index is 2.57. The Morgan fingerprint density at radius 1 is 1.16 bits per heavy atom. The minimum atomic E-state index is -1.52. The van der Waals surface area contributed by atoms with Gasteiger partial charge in [0, 0.05) is 0 Å². The van der Waals surface area contributed by atoms with Crippen molar-refractivity contribution in [3.8, 4) is 0 Å². The molecule has 102 valence electrons. The number of unbranched alkanes of at least 4 members (excludes halogenated alkanes) is 1. The van der Waals surface area contributed by atoms with Crippen molar-refractivity contribution in [2.45, 2.75) is 46.2 Å². The number of allylic oxidation sites excluding steroid dienone is 4. The molecule has 2 rings (SSSR count). The van der Waals surface area contributed by atoms with E-state index < -0.39 is 8.07 Å². The third kappa shape index (κ3) is 2.76. The molecule has 1 aliphatic rings. The maximum absolute atomic E-state index is 2.57. The zero-order chi connectivity index (χ0) is 13.9. The second-order valence-corrected chi connectivity index (χ2v) is 10.3. The molecule has 0 amide bonds. The van der Waals surface area contributed by atoms with Crippen molar-refractivity contribution in [3.63, 3.8) is 0 Å².